The second-order valence-electron chi connectivity index (χ2n) is 6.00. The molecule has 1 heterocycles. The Morgan fingerprint density at radius 2 is 1.41 bits per heavy atom. The van der Waals surface area contributed by atoms with Gasteiger partial charge in [0.15, 0.2) is 23.1 Å². The predicted octanol–water partition coefficient (Wildman–Crippen LogP) is 3.70. The standard InChI is InChI=1S/C19H20N2O6/c1-9-17(11(3)22)19(18(12(4)23)10(2)20-9)13-7-15(26-5)16(27-6)8-14(13)21(24)25/h7-8H,1-6H3. The van der Waals surface area contributed by atoms with Crippen LogP contribution >= 0.6 is 0 Å². The van der Waals surface area contributed by atoms with Crippen molar-refractivity contribution in [2.45, 2.75) is 27.7 Å². The van der Waals surface area contributed by atoms with E-state index in [1.54, 1.807) is 13.8 Å². The summed E-state index contributed by atoms with van der Waals surface area (Å²) < 4.78 is 10.4. The number of carbonyl (C=O) groups is 2. The summed E-state index contributed by atoms with van der Waals surface area (Å²) in [6, 6.07) is 2.62. The Labute approximate surface area is 156 Å². The molecule has 8 nitrogen and oxygen atoms in total. The lowest BCUT2D eigenvalue weighted by Gasteiger charge is -2.18. The van der Waals surface area contributed by atoms with Gasteiger partial charge in [-0.2, -0.15) is 0 Å². The van der Waals surface area contributed by atoms with Gasteiger partial charge in [0, 0.05) is 28.1 Å². The minimum Gasteiger partial charge on any atom is -0.493 e. The van der Waals surface area contributed by atoms with Gasteiger partial charge in [-0.15, -0.1) is 0 Å². The van der Waals surface area contributed by atoms with Crippen LogP contribution < -0.4 is 9.47 Å². The van der Waals surface area contributed by atoms with E-state index in [0.717, 1.165) is 0 Å². The lowest BCUT2D eigenvalue weighted by Crippen LogP contribution is -2.12. The number of pyridine rings is 1. The third-order valence-electron chi connectivity index (χ3n) is 4.23. The molecule has 0 saturated heterocycles. The van der Waals surface area contributed by atoms with E-state index in [1.165, 1.54) is 40.2 Å². The zero-order valence-corrected chi connectivity index (χ0v) is 16.0. The number of carbonyl (C=O) groups excluding carboxylic acids is 2. The molecule has 0 fully saturated rings. The first-order valence-electron chi connectivity index (χ1n) is 8.07. The monoisotopic (exact) mass is 372 g/mol. The molecule has 0 atom stereocenters. The number of Topliss-reactive ketones (excluding diaryl/α,β-unsaturated/α-hetero) is 2. The number of hydrogen-bond donors (Lipinski definition) is 0. The normalized spacial score (nSPS) is 10.4. The van der Waals surface area contributed by atoms with Crippen LogP contribution in [0.25, 0.3) is 11.1 Å². The van der Waals surface area contributed by atoms with Crippen LogP contribution in [0.2, 0.25) is 0 Å². The molecule has 1 aromatic heterocycles. The highest BCUT2D eigenvalue weighted by Gasteiger charge is 2.29. The summed E-state index contributed by atoms with van der Waals surface area (Å²) >= 11 is 0. The summed E-state index contributed by atoms with van der Waals surface area (Å²) in [5.41, 5.74) is 1.10. The fraction of sp³-hybridized carbons (Fsp3) is 0.316. The number of rotatable bonds is 6. The molecule has 1 aromatic carbocycles. The molecular weight excluding hydrogens is 352 g/mol. The van der Waals surface area contributed by atoms with Crippen molar-refractivity contribution in [3.63, 3.8) is 0 Å². The van der Waals surface area contributed by atoms with Crippen LogP contribution in [0, 0.1) is 24.0 Å². The lowest BCUT2D eigenvalue weighted by molar-refractivity contribution is -0.384. The summed E-state index contributed by atoms with van der Waals surface area (Å²) in [6.45, 7) is 5.92. The van der Waals surface area contributed by atoms with Gasteiger partial charge in [-0.05, 0) is 33.8 Å². The van der Waals surface area contributed by atoms with Gasteiger partial charge in [-0.1, -0.05) is 0 Å². The molecule has 27 heavy (non-hydrogen) atoms. The zero-order chi connectivity index (χ0) is 20.5. The summed E-state index contributed by atoms with van der Waals surface area (Å²) in [5.74, 6) is -0.276. The van der Waals surface area contributed by atoms with Crippen molar-refractivity contribution >= 4 is 17.3 Å². The number of benzene rings is 1. The SMILES string of the molecule is COc1cc(-c2c(C(C)=O)c(C)nc(C)c2C(C)=O)c([N+](=O)[O-])cc1OC. The second kappa shape index (κ2) is 7.53. The molecular formula is C19H20N2O6. The highest BCUT2D eigenvalue weighted by Crippen LogP contribution is 2.43. The third-order valence-corrected chi connectivity index (χ3v) is 4.23. The topological polar surface area (TPSA) is 109 Å². The molecule has 0 unspecified atom stereocenters. The van der Waals surface area contributed by atoms with Gasteiger partial charge >= 0.3 is 0 Å². The van der Waals surface area contributed by atoms with E-state index in [4.69, 9.17) is 9.47 Å². The summed E-state index contributed by atoms with van der Waals surface area (Å²) in [6.07, 6.45) is 0. The lowest BCUT2D eigenvalue weighted by atomic mass is 9.88. The first kappa shape index (κ1) is 20.0. The van der Waals surface area contributed by atoms with Crippen LogP contribution in [0.4, 0.5) is 5.69 Å². The molecule has 2 rings (SSSR count). The number of ether oxygens (including phenoxy) is 2. The van der Waals surface area contributed by atoms with Gasteiger partial charge < -0.3 is 9.47 Å². The van der Waals surface area contributed by atoms with E-state index >= 15 is 0 Å². The highest BCUT2D eigenvalue weighted by molar-refractivity contribution is 6.11. The van der Waals surface area contributed by atoms with E-state index < -0.39 is 4.92 Å². The molecule has 8 heteroatoms. The Morgan fingerprint density at radius 3 is 1.78 bits per heavy atom. The summed E-state index contributed by atoms with van der Waals surface area (Å²) in [5, 5.41) is 11.7. The van der Waals surface area contributed by atoms with Crippen molar-refractivity contribution in [2.24, 2.45) is 0 Å². The van der Waals surface area contributed by atoms with E-state index in [0.29, 0.717) is 11.4 Å². The van der Waals surface area contributed by atoms with Crippen molar-refractivity contribution in [3.05, 3.63) is 44.8 Å². The molecule has 0 N–H and O–H groups in total. The minimum absolute atomic E-state index is 0.0988. The fourth-order valence-corrected chi connectivity index (χ4v) is 3.20. The first-order valence-corrected chi connectivity index (χ1v) is 8.07. The summed E-state index contributed by atoms with van der Waals surface area (Å²) in [7, 11) is 2.76. The molecule has 142 valence electrons. The first-order chi connectivity index (χ1) is 12.6. The van der Waals surface area contributed by atoms with Gasteiger partial charge in [0.25, 0.3) is 5.69 Å². The number of methoxy groups -OCH3 is 2. The van der Waals surface area contributed by atoms with Gasteiger partial charge in [0.2, 0.25) is 0 Å². The quantitative estimate of drug-likeness (QED) is 0.432. The Bertz CT molecular complexity index is 927. The van der Waals surface area contributed by atoms with Gasteiger partial charge in [0.05, 0.1) is 30.8 Å². The molecule has 2 aromatic rings. The number of aryl methyl sites for hydroxylation is 2. The number of hydrogen-bond acceptors (Lipinski definition) is 7. The van der Waals surface area contributed by atoms with Crippen molar-refractivity contribution in [2.75, 3.05) is 14.2 Å². The van der Waals surface area contributed by atoms with E-state index in [9.17, 15) is 19.7 Å². The van der Waals surface area contributed by atoms with Crippen LogP contribution in [0.3, 0.4) is 0 Å². The van der Waals surface area contributed by atoms with Gasteiger partial charge in [-0.25, -0.2) is 0 Å². The van der Waals surface area contributed by atoms with Crippen molar-refractivity contribution in [3.8, 4) is 22.6 Å². The van der Waals surface area contributed by atoms with Crippen LogP contribution in [0.5, 0.6) is 11.5 Å². The average Bonchev–Trinajstić information content (AvgIpc) is 2.58. The Kier molecular flexibility index (Phi) is 5.58. The number of aromatic nitrogens is 1. The van der Waals surface area contributed by atoms with Crippen molar-refractivity contribution in [1.29, 1.82) is 0 Å². The molecule has 0 aliphatic carbocycles. The Hall–Kier alpha value is -3.29. The fourth-order valence-electron chi connectivity index (χ4n) is 3.20. The molecule has 0 bridgehead atoms. The van der Waals surface area contributed by atoms with E-state index in [1.807, 2.05) is 0 Å². The zero-order valence-electron chi connectivity index (χ0n) is 16.0. The largest absolute Gasteiger partial charge is 0.493 e. The number of nitrogens with zero attached hydrogens (tertiary/aromatic N) is 2. The van der Waals surface area contributed by atoms with Crippen LogP contribution in [-0.4, -0.2) is 35.7 Å². The number of nitro groups is 1. The second-order valence-corrected chi connectivity index (χ2v) is 6.00. The predicted molar refractivity (Wildman–Crippen MR) is 98.9 cm³/mol. The average molecular weight is 372 g/mol. The minimum atomic E-state index is -0.587. The molecule has 0 amide bonds. The molecule has 0 radical (unpaired) electrons. The van der Waals surface area contributed by atoms with Crippen molar-refractivity contribution in [1.82, 2.24) is 4.98 Å². The van der Waals surface area contributed by atoms with E-state index in [2.05, 4.69) is 4.98 Å². The maximum atomic E-state index is 12.3. The van der Waals surface area contributed by atoms with Crippen molar-refractivity contribution < 1.29 is 24.0 Å². The van der Waals surface area contributed by atoms with Crippen LogP contribution in [0.1, 0.15) is 46.0 Å². The number of nitro benzene ring substituents is 1. The van der Waals surface area contributed by atoms with Gasteiger partial charge in [0.1, 0.15) is 0 Å². The third kappa shape index (κ3) is 3.51. The highest BCUT2D eigenvalue weighted by atomic mass is 16.6. The Morgan fingerprint density at radius 1 is 0.963 bits per heavy atom. The molecule has 0 spiro atoms. The van der Waals surface area contributed by atoms with Crippen LogP contribution in [0.15, 0.2) is 12.1 Å². The van der Waals surface area contributed by atoms with E-state index in [-0.39, 0.29) is 51.0 Å². The Balaban J connectivity index is 3.11. The van der Waals surface area contributed by atoms with Crippen LogP contribution in [-0.2, 0) is 0 Å². The molecule has 0 aliphatic heterocycles. The number of ketones is 2. The maximum Gasteiger partial charge on any atom is 0.281 e. The molecule has 0 saturated carbocycles. The maximum absolute atomic E-state index is 12.3. The summed E-state index contributed by atoms with van der Waals surface area (Å²) in [4.78, 5) is 40.1. The van der Waals surface area contributed by atoms with Gasteiger partial charge in [-0.3, -0.25) is 24.7 Å². The molecule has 0 aliphatic rings. The smallest absolute Gasteiger partial charge is 0.281 e.